The van der Waals surface area contributed by atoms with Crippen LogP contribution in [0.3, 0.4) is 0 Å². The molecule has 0 saturated heterocycles. The van der Waals surface area contributed by atoms with Crippen LogP contribution < -0.4 is 16.0 Å². The van der Waals surface area contributed by atoms with Gasteiger partial charge in [0.1, 0.15) is 11.5 Å². The quantitative estimate of drug-likeness (QED) is 0.374. The number of para-hydroxylation sites is 1. The van der Waals surface area contributed by atoms with Gasteiger partial charge in [0, 0.05) is 5.69 Å². The maximum Gasteiger partial charge on any atom is 0.323 e. The summed E-state index contributed by atoms with van der Waals surface area (Å²) < 4.78 is 16.4. The van der Waals surface area contributed by atoms with Gasteiger partial charge in [-0.3, -0.25) is 4.79 Å². The van der Waals surface area contributed by atoms with Gasteiger partial charge in [-0.25, -0.2) is 18.9 Å². The number of urea groups is 1. The molecule has 0 saturated carbocycles. The number of amides is 3. The smallest absolute Gasteiger partial charge is 0.306 e. The van der Waals surface area contributed by atoms with Crippen LogP contribution in [-0.2, 0) is 0 Å². The van der Waals surface area contributed by atoms with Crippen LogP contribution in [0.15, 0.2) is 73.1 Å². The van der Waals surface area contributed by atoms with Gasteiger partial charge >= 0.3 is 6.03 Å². The fourth-order valence-electron chi connectivity index (χ4n) is 3.03. The maximum absolute atomic E-state index is 15.1. The van der Waals surface area contributed by atoms with E-state index in [4.69, 9.17) is 11.6 Å². The van der Waals surface area contributed by atoms with Crippen molar-refractivity contribution in [2.45, 2.75) is 6.92 Å². The number of halogens is 2. The van der Waals surface area contributed by atoms with E-state index in [-0.39, 0.29) is 11.3 Å². The number of nitrogens with zero attached hydrogens (tertiary/aromatic N) is 3. The Bertz CT molecular complexity index is 1340. The van der Waals surface area contributed by atoms with E-state index in [9.17, 15) is 9.59 Å². The normalized spacial score (nSPS) is 10.5. The van der Waals surface area contributed by atoms with Crippen molar-refractivity contribution in [1.29, 1.82) is 0 Å². The molecule has 2 aromatic carbocycles. The van der Waals surface area contributed by atoms with Crippen molar-refractivity contribution < 1.29 is 14.0 Å². The van der Waals surface area contributed by atoms with Gasteiger partial charge in [0.15, 0.2) is 5.82 Å². The Morgan fingerprint density at radius 1 is 0.970 bits per heavy atom. The topological polar surface area (TPSA) is 101 Å². The molecule has 0 unspecified atom stereocenters. The Balaban J connectivity index is 1.49. The molecule has 0 spiro atoms. The molecule has 2 aromatic heterocycles. The molecule has 0 aliphatic carbocycles. The summed E-state index contributed by atoms with van der Waals surface area (Å²) in [6.45, 7) is 1.79. The third-order valence-electron chi connectivity index (χ3n) is 4.56. The lowest BCUT2D eigenvalue weighted by atomic mass is 10.1. The van der Waals surface area contributed by atoms with E-state index in [1.165, 1.54) is 35.3 Å². The molecule has 33 heavy (non-hydrogen) atoms. The summed E-state index contributed by atoms with van der Waals surface area (Å²) in [7, 11) is 0. The summed E-state index contributed by atoms with van der Waals surface area (Å²) in [5, 5.41) is 12.3. The molecule has 2 heterocycles. The number of hydrogen-bond donors (Lipinski definition) is 3. The van der Waals surface area contributed by atoms with Gasteiger partial charge in [-0.05, 0) is 43.3 Å². The zero-order chi connectivity index (χ0) is 23.4. The Labute approximate surface area is 193 Å². The first kappa shape index (κ1) is 22.0. The first-order chi connectivity index (χ1) is 15.9. The number of anilines is 3. The van der Waals surface area contributed by atoms with E-state index >= 15 is 4.39 Å². The zero-order valence-corrected chi connectivity index (χ0v) is 18.1. The second-order valence-corrected chi connectivity index (χ2v) is 7.40. The highest BCUT2D eigenvalue weighted by Gasteiger charge is 2.18. The number of aromatic nitrogens is 3. The van der Waals surface area contributed by atoms with Gasteiger partial charge in [-0.2, -0.15) is 5.10 Å². The van der Waals surface area contributed by atoms with E-state index < -0.39 is 17.8 Å². The SMILES string of the molecule is Cc1cccc(NC(=O)c2cccc(-n3cc(NC(=O)Nc4ccccc4Cl)cn3)c2F)n1. The summed E-state index contributed by atoms with van der Waals surface area (Å²) in [4.78, 5) is 29.0. The summed E-state index contributed by atoms with van der Waals surface area (Å²) in [5.41, 5.74) is 1.35. The number of benzene rings is 2. The van der Waals surface area contributed by atoms with Gasteiger partial charge in [-0.15, -0.1) is 0 Å². The molecule has 0 bridgehead atoms. The number of pyridine rings is 1. The summed E-state index contributed by atoms with van der Waals surface area (Å²) >= 11 is 6.03. The molecule has 4 rings (SSSR count). The molecule has 4 aromatic rings. The minimum atomic E-state index is -0.766. The molecule has 0 radical (unpaired) electrons. The van der Waals surface area contributed by atoms with Gasteiger partial charge < -0.3 is 16.0 Å². The van der Waals surface area contributed by atoms with Crippen molar-refractivity contribution in [2.75, 3.05) is 16.0 Å². The van der Waals surface area contributed by atoms with Crippen LogP contribution in [0.4, 0.5) is 26.4 Å². The summed E-state index contributed by atoms with van der Waals surface area (Å²) in [6, 6.07) is 15.8. The number of carbonyl (C=O) groups is 2. The fourth-order valence-corrected chi connectivity index (χ4v) is 3.22. The third-order valence-corrected chi connectivity index (χ3v) is 4.89. The van der Waals surface area contributed by atoms with Crippen molar-refractivity contribution in [1.82, 2.24) is 14.8 Å². The Morgan fingerprint density at radius 3 is 2.55 bits per heavy atom. The number of rotatable bonds is 5. The van der Waals surface area contributed by atoms with E-state index in [0.717, 1.165) is 5.69 Å². The van der Waals surface area contributed by atoms with Crippen molar-refractivity contribution in [3.8, 4) is 5.69 Å². The van der Waals surface area contributed by atoms with Gasteiger partial charge in [-0.1, -0.05) is 35.9 Å². The Kier molecular flexibility index (Phi) is 6.32. The number of aryl methyl sites for hydroxylation is 1. The van der Waals surface area contributed by atoms with Crippen LogP contribution in [0.1, 0.15) is 16.1 Å². The number of hydrogen-bond acceptors (Lipinski definition) is 4. The van der Waals surface area contributed by atoms with Crippen molar-refractivity contribution in [3.63, 3.8) is 0 Å². The first-order valence-electron chi connectivity index (χ1n) is 9.82. The van der Waals surface area contributed by atoms with Crippen molar-refractivity contribution in [3.05, 3.63) is 95.2 Å². The maximum atomic E-state index is 15.1. The molecule has 0 aliphatic heterocycles. The third kappa shape index (κ3) is 5.16. The summed E-state index contributed by atoms with van der Waals surface area (Å²) in [6.07, 6.45) is 2.78. The Morgan fingerprint density at radius 2 is 1.76 bits per heavy atom. The number of nitrogens with one attached hydrogen (secondary N) is 3. The molecule has 10 heteroatoms. The average molecular weight is 465 g/mol. The van der Waals surface area contributed by atoms with E-state index in [1.54, 1.807) is 49.4 Å². The van der Waals surface area contributed by atoms with Crippen LogP contribution in [0.25, 0.3) is 5.69 Å². The largest absolute Gasteiger partial charge is 0.323 e. The zero-order valence-electron chi connectivity index (χ0n) is 17.3. The van der Waals surface area contributed by atoms with Crippen LogP contribution >= 0.6 is 11.6 Å². The van der Waals surface area contributed by atoms with E-state index in [0.29, 0.717) is 22.2 Å². The molecular formula is C23H18ClFN6O2. The average Bonchev–Trinajstić information content (AvgIpc) is 3.23. The second-order valence-electron chi connectivity index (χ2n) is 6.99. The molecule has 8 nitrogen and oxygen atoms in total. The predicted molar refractivity (Wildman–Crippen MR) is 125 cm³/mol. The molecule has 0 atom stereocenters. The number of carbonyl (C=O) groups excluding carboxylic acids is 2. The lowest BCUT2D eigenvalue weighted by Gasteiger charge is -2.09. The fraction of sp³-hybridized carbons (Fsp3) is 0.0435. The first-order valence-corrected chi connectivity index (χ1v) is 10.2. The highest BCUT2D eigenvalue weighted by atomic mass is 35.5. The monoisotopic (exact) mass is 464 g/mol. The van der Waals surface area contributed by atoms with Crippen molar-refractivity contribution in [2.24, 2.45) is 0 Å². The molecule has 3 amide bonds. The van der Waals surface area contributed by atoms with Gasteiger partial charge in [0.05, 0.1) is 34.4 Å². The highest BCUT2D eigenvalue weighted by molar-refractivity contribution is 6.33. The van der Waals surface area contributed by atoms with Crippen molar-refractivity contribution >= 4 is 40.7 Å². The van der Waals surface area contributed by atoms with Crippen LogP contribution in [-0.4, -0.2) is 26.7 Å². The highest BCUT2D eigenvalue weighted by Crippen LogP contribution is 2.22. The summed E-state index contributed by atoms with van der Waals surface area (Å²) in [5.74, 6) is -1.09. The van der Waals surface area contributed by atoms with E-state index in [2.05, 4.69) is 26.0 Å². The lowest BCUT2D eigenvalue weighted by Crippen LogP contribution is -2.19. The molecule has 0 fully saturated rings. The van der Waals surface area contributed by atoms with Gasteiger partial charge in [0.2, 0.25) is 0 Å². The Hall–Kier alpha value is -4.24. The van der Waals surface area contributed by atoms with Crippen LogP contribution in [0.2, 0.25) is 5.02 Å². The lowest BCUT2D eigenvalue weighted by molar-refractivity contribution is 0.102. The predicted octanol–water partition coefficient (Wildman–Crippen LogP) is 5.26. The second kappa shape index (κ2) is 9.49. The van der Waals surface area contributed by atoms with Gasteiger partial charge in [0.25, 0.3) is 5.91 Å². The molecule has 0 aliphatic rings. The minimum absolute atomic E-state index is 0.0411. The van der Waals surface area contributed by atoms with E-state index in [1.807, 2.05) is 0 Å². The minimum Gasteiger partial charge on any atom is -0.306 e. The molecule has 3 N–H and O–H groups in total. The van der Waals surface area contributed by atoms with Crippen LogP contribution in [0, 0.1) is 12.7 Å². The standard InChI is InChI=1S/C23H18ClFN6O2/c1-14-6-4-11-20(27-14)30-22(32)16-7-5-10-19(21(16)25)31-13-15(12-26-31)28-23(33)29-18-9-3-2-8-17(18)24/h2-13H,1H3,(H,27,30,32)(H2,28,29,33). The van der Waals surface area contributed by atoms with Crippen LogP contribution in [0.5, 0.6) is 0 Å². The molecular weight excluding hydrogens is 447 g/mol. The molecule has 166 valence electrons.